The smallest absolute Gasteiger partial charge is 0.240 e. The number of carbonyl (C=O) groups is 2. The number of carbonyl (C=O) groups excluding carboxylic acids is 2. The summed E-state index contributed by atoms with van der Waals surface area (Å²) in [6, 6.07) is -0.355. The highest BCUT2D eigenvalue weighted by atomic mass is 16.2. The number of nitrogens with one attached hydrogen (secondary N) is 1. The minimum Gasteiger partial charge on any atom is -0.343 e. The van der Waals surface area contributed by atoms with Crippen LogP contribution < -0.4 is 5.32 Å². The quantitative estimate of drug-likeness (QED) is 0.715. The van der Waals surface area contributed by atoms with Gasteiger partial charge in [0.1, 0.15) is 0 Å². The van der Waals surface area contributed by atoms with Gasteiger partial charge in [-0.05, 0) is 12.8 Å². The van der Waals surface area contributed by atoms with Crippen LogP contribution in [0.5, 0.6) is 0 Å². The lowest BCUT2D eigenvalue weighted by atomic mass is 10.1. The highest BCUT2D eigenvalue weighted by Gasteiger charge is 2.31. The zero-order chi connectivity index (χ0) is 13.0. The van der Waals surface area contributed by atoms with Crippen molar-refractivity contribution in [2.24, 2.45) is 0 Å². The van der Waals surface area contributed by atoms with Crippen LogP contribution in [0.15, 0.2) is 12.7 Å². The van der Waals surface area contributed by atoms with E-state index in [4.69, 9.17) is 0 Å². The Hall–Kier alpha value is -1.36. The summed E-state index contributed by atoms with van der Waals surface area (Å²) in [5.74, 6) is 0.118. The highest BCUT2D eigenvalue weighted by Crippen LogP contribution is 2.12. The van der Waals surface area contributed by atoms with E-state index in [-0.39, 0.29) is 24.3 Å². The van der Waals surface area contributed by atoms with E-state index in [0.29, 0.717) is 13.1 Å². The molecular weight excluding hydrogens is 230 g/mol. The fraction of sp³-hybridized carbons (Fsp3) is 0.692. The molecule has 0 bridgehead atoms. The summed E-state index contributed by atoms with van der Waals surface area (Å²) < 4.78 is 0. The van der Waals surface area contributed by atoms with Crippen molar-refractivity contribution in [3.8, 4) is 0 Å². The molecule has 5 heteroatoms. The maximum Gasteiger partial charge on any atom is 0.240 e. The molecule has 1 atom stereocenters. The van der Waals surface area contributed by atoms with Crippen LogP contribution in [0, 0.1) is 0 Å². The molecule has 0 saturated carbocycles. The van der Waals surface area contributed by atoms with Gasteiger partial charge < -0.3 is 15.1 Å². The fourth-order valence-electron chi connectivity index (χ4n) is 2.56. The van der Waals surface area contributed by atoms with Gasteiger partial charge in [0.2, 0.25) is 11.8 Å². The first-order chi connectivity index (χ1) is 8.72. The second-order valence-electron chi connectivity index (χ2n) is 4.87. The molecule has 2 saturated heterocycles. The number of likely N-dealkylation sites (tertiary alicyclic amines) is 1. The van der Waals surface area contributed by atoms with Crippen LogP contribution in [-0.4, -0.2) is 60.4 Å². The Kier molecular flexibility index (Phi) is 4.36. The van der Waals surface area contributed by atoms with Gasteiger partial charge in [-0.2, -0.15) is 0 Å². The summed E-state index contributed by atoms with van der Waals surface area (Å²) in [5, 5.41) is 3.14. The molecule has 2 heterocycles. The lowest BCUT2D eigenvalue weighted by Gasteiger charge is -2.32. The Morgan fingerprint density at radius 2 is 2.11 bits per heavy atom. The molecule has 2 amide bonds. The van der Waals surface area contributed by atoms with E-state index in [1.807, 2.05) is 4.90 Å². The van der Waals surface area contributed by atoms with Gasteiger partial charge in [-0.3, -0.25) is 9.59 Å². The molecule has 0 spiro atoms. The van der Waals surface area contributed by atoms with Gasteiger partial charge >= 0.3 is 0 Å². The van der Waals surface area contributed by atoms with E-state index in [0.717, 1.165) is 32.5 Å². The van der Waals surface area contributed by atoms with Crippen LogP contribution in [0.3, 0.4) is 0 Å². The molecule has 0 aromatic rings. The Bertz CT molecular complexity index is 337. The largest absolute Gasteiger partial charge is 0.343 e. The standard InChI is InChI=1S/C13H21N3O2/c1-2-6-16-9-5-14-11(13(16)18)10-12(17)15-7-3-4-8-15/h2,11,14H,1,3-10H2. The van der Waals surface area contributed by atoms with Crippen LogP contribution in [-0.2, 0) is 9.59 Å². The lowest BCUT2D eigenvalue weighted by molar-refractivity contribution is -0.140. The Morgan fingerprint density at radius 1 is 1.39 bits per heavy atom. The first-order valence-corrected chi connectivity index (χ1v) is 6.63. The third-order valence-corrected chi connectivity index (χ3v) is 3.57. The van der Waals surface area contributed by atoms with Crippen molar-refractivity contribution in [2.75, 3.05) is 32.7 Å². The van der Waals surface area contributed by atoms with Gasteiger partial charge in [0, 0.05) is 32.7 Å². The third kappa shape index (κ3) is 2.90. The second-order valence-corrected chi connectivity index (χ2v) is 4.87. The van der Waals surface area contributed by atoms with Crippen molar-refractivity contribution in [3.63, 3.8) is 0 Å². The SMILES string of the molecule is C=CCN1CCNC(CC(=O)N2CCCC2)C1=O. The van der Waals surface area contributed by atoms with Crippen molar-refractivity contribution in [2.45, 2.75) is 25.3 Å². The Balaban J connectivity index is 1.89. The van der Waals surface area contributed by atoms with Crippen molar-refractivity contribution in [1.82, 2.24) is 15.1 Å². The molecule has 1 unspecified atom stereocenters. The van der Waals surface area contributed by atoms with Gasteiger partial charge in [-0.15, -0.1) is 6.58 Å². The predicted octanol–water partition coefficient (Wildman–Crippen LogP) is -0.0147. The van der Waals surface area contributed by atoms with E-state index in [1.54, 1.807) is 11.0 Å². The van der Waals surface area contributed by atoms with Crippen LogP contribution >= 0.6 is 0 Å². The number of piperazine rings is 1. The summed E-state index contributed by atoms with van der Waals surface area (Å²) in [6.07, 6.45) is 4.18. The molecule has 0 aromatic heterocycles. The van der Waals surface area contributed by atoms with Gasteiger partial charge in [-0.25, -0.2) is 0 Å². The van der Waals surface area contributed by atoms with Crippen molar-refractivity contribution in [1.29, 1.82) is 0 Å². The average molecular weight is 251 g/mol. The van der Waals surface area contributed by atoms with E-state index in [9.17, 15) is 9.59 Å². The third-order valence-electron chi connectivity index (χ3n) is 3.57. The molecule has 2 aliphatic rings. The molecular formula is C13H21N3O2. The highest BCUT2D eigenvalue weighted by molar-refractivity contribution is 5.89. The van der Waals surface area contributed by atoms with Gasteiger partial charge in [0.25, 0.3) is 0 Å². The Labute approximate surface area is 108 Å². The molecule has 0 aromatic carbocycles. The van der Waals surface area contributed by atoms with Crippen molar-refractivity contribution < 1.29 is 9.59 Å². The molecule has 18 heavy (non-hydrogen) atoms. The number of rotatable bonds is 4. The zero-order valence-corrected chi connectivity index (χ0v) is 10.7. The first-order valence-electron chi connectivity index (χ1n) is 6.63. The maximum atomic E-state index is 12.1. The summed E-state index contributed by atoms with van der Waals surface area (Å²) in [6.45, 7) is 7.34. The monoisotopic (exact) mass is 251 g/mol. The summed E-state index contributed by atoms with van der Waals surface area (Å²) in [7, 11) is 0. The van der Waals surface area contributed by atoms with E-state index < -0.39 is 0 Å². The van der Waals surface area contributed by atoms with Crippen molar-refractivity contribution in [3.05, 3.63) is 12.7 Å². The molecule has 2 rings (SSSR count). The van der Waals surface area contributed by atoms with Gasteiger partial charge in [0.15, 0.2) is 0 Å². The van der Waals surface area contributed by atoms with Crippen LogP contribution in [0.4, 0.5) is 0 Å². The molecule has 5 nitrogen and oxygen atoms in total. The van der Waals surface area contributed by atoms with Crippen LogP contribution in [0.25, 0.3) is 0 Å². The van der Waals surface area contributed by atoms with Crippen LogP contribution in [0.2, 0.25) is 0 Å². The molecule has 2 aliphatic heterocycles. The minimum atomic E-state index is -0.355. The Morgan fingerprint density at radius 3 is 2.78 bits per heavy atom. The zero-order valence-electron chi connectivity index (χ0n) is 10.7. The van der Waals surface area contributed by atoms with E-state index in [1.165, 1.54) is 0 Å². The van der Waals surface area contributed by atoms with Crippen LogP contribution in [0.1, 0.15) is 19.3 Å². The topological polar surface area (TPSA) is 52.7 Å². The second kappa shape index (κ2) is 6.00. The maximum absolute atomic E-state index is 12.1. The normalized spacial score (nSPS) is 24.4. The van der Waals surface area contributed by atoms with E-state index in [2.05, 4.69) is 11.9 Å². The predicted molar refractivity (Wildman–Crippen MR) is 69.0 cm³/mol. The molecule has 0 aliphatic carbocycles. The fourth-order valence-corrected chi connectivity index (χ4v) is 2.56. The molecule has 2 fully saturated rings. The molecule has 0 radical (unpaired) electrons. The summed E-state index contributed by atoms with van der Waals surface area (Å²) in [5.41, 5.74) is 0. The molecule has 1 N–H and O–H groups in total. The minimum absolute atomic E-state index is 0.0219. The van der Waals surface area contributed by atoms with Gasteiger partial charge in [-0.1, -0.05) is 6.08 Å². The molecule has 100 valence electrons. The van der Waals surface area contributed by atoms with Crippen molar-refractivity contribution >= 4 is 11.8 Å². The average Bonchev–Trinajstić information content (AvgIpc) is 2.88. The first kappa shape index (κ1) is 13.1. The summed E-state index contributed by atoms with van der Waals surface area (Å²) >= 11 is 0. The number of amides is 2. The van der Waals surface area contributed by atoms with E-state index >= 15 is 0 Å². The van der Waals surface area contributed by atoms with Gasteiger partial charge in [0.05, 0.1) is 12.5 Å². The number of hydrogen-bond acceptors (Lipinski definition) is 3. The lowest BCUT2D eigenvalue weighted by Crippen LogP contribution is -2.56. The summed E-state index contributed by atoms with van der Waals surface area (Å²) in [4.78, 5) is 27.7. The number of hydrogen-bond donors (Lipinski definition) is 1. The number of nitrogens with zero attached hydrogens (tertiary/aromatic N) is 2.